The summed E-state index contributed by atoms with van der Waals surface area (Å²) in [6.45, 7) is 3.90. The van der Waals surface area contributed by atoms with Gasteiger partial charge in [0, 0.05) is 54.2 Å². The van der Waals surface area contributed by atoms with Crippen LogP contribution < -0.4 is 9.64 Å². The Kier molecular flexibility index (Phi) is 5.49. The Labute approximate surface area is 212 Å². The number of anilines is 1. The van der Waals surface area contributed by atoms with Gasteiger partial charge in [-0.1, -0.05) is 12.1 Å². The van der Waals surface area contributed by atoms with Gasteiger partial charge >= 0.3 is 0 Å². The van der Waals surface area contributed by atoms with Crippen molar-refractivity contribution in [1.29, 1.82) is 0 Å². The van der Waals surface area contributed by atoms with Crippen LogP contribution in [-0.4, -0.2) is 72.0 Å². The predicted octanol–water partition coefficient (Wildman–Crippen LogP) is 3.36. The Morgan fingerprint density at radius 2 is 1.72 bits per heavy atom. The summed E-state index contributed by atoms with van der Waals surface area (Å²) in [5, 5.41) is 25.6. The molecule has 0 radical (unpaired) electrons. The average molecular weight is 506 g/mol. The van der Waals surface area contributed by atoms with E-state index in [9.17, 15) is 19.8 Å². The van der Waals surface area contributed by atoms with Gasteiger partial charge in [0.15, 0.2) is 10.9 Å². The van der Waals surface area contributed by atoms with Crippen LogP contribution in [0.1, 0.15) is 61.0 Å². The van der Waals surface area contributed by atoms with E-state index in [-0.39, 0.29) is 45.4 Å². The lowest BCUT2D eigenvalue weighted by Gasteiger charge is -2.32. The first-order valence-corrected chi connectivity index (χ1v) is 13.0. The lowest BCUT2D eigenvalue weighted by atomic mass is 9.75. The molecule has 2 N–H and O–H groups in total. The summed E-state index contributed by atoms with van der Waals surface area (Å²) in [4.78, 5) is 36.4. The van der Waals surface area contributed by atoms with Crippen molar-refractivity contribution in [3.8, 4) is 17.2 Å². The summed E-state index contributed by atoms with van der Waals surface area (Å²) in [7, 11) is 3.55. The van der Waals surface area contributed by atoms with Crippen molar-refractivity contribution in [2.24, 2.45) is 0 Å². The van der Waals surface area contributed by atoms with E-state index in [4.69, 9.17) is 9.72 Å². The minimum atomic E-state index is -0.508. The molecule has 3 aromatic rings. The van der Waals surface area contributed by atoms with Crippen LogP contribution in [0.4, 0.5) is 5.13 Å². The monoisotopic (exact) mass is 505 g/mol. The van der Waals surface area contributed by atoms with Crippen LogP contribution in [-0.2, 0) is 12.8 Å². The smallest absolute Gasteiger partial charge is 0.202 e. The van der Waals surface area contributed by atoms with Crippen molar-refractivity contribution < 1.29 is 24.5 Å². The first-order valence-electron chi connectivity index (χ1n) is 12.1. The highest BCUT2D eigenvalue weighted by molar-refractivity contribution is 7.13. The molecule has 1 atom stereocenters. The van der Waals surface area contributed by atoms with Gasteiger partial charge in [0.2, 0.25) is 5.78 Å². The van der Waals surface area contributed by atoms with E-state index in [1.165, 1.54) is 7.11 Å². The van der Waals surface area contributed by atoms with Gasteiger partial charge in [-0.05, 0) is 32.4 Å². The van der Waals surface area contributed by atoms with Gasteiger partial charge in [0.1, 0.15) is 17.2 Å². The van der Waals surface area contributed by atoms with Gasteiger partial charge in [0.25, 0.3) is 0 Å². The number of piperazine rings is 1. The number of likely N-dealkylation sites (N-methyl/N-ethyl adjacent to an activating group) is 1. The number of phenolic OH excluding ortho intramolecular Hbond substituents is 2. The highest BCUT2D eigenvalue weighted by atomic mass is 32.1. The molecule has 6 rings (SSSR count). The molecule has 0 spiro atoms. The topological polar surface area (TPSA) is 103 Å². The molecule has 36 heavy (non-hydrogen) atoms. The molecule has 2 aliphatic carbocycles. The quantitative estimate of drug-likeness (QED) is 0.409. The van der Waals surface area contributed by atoms with Crippen LogP contribution in [0.25, 0.3) is 0 Å². The third-order valence-electron chi connectivity index (χ3n) is 7.73. The second-order valence-electron chi connectivity index (χ2n) is 9.73. The van der Waals surface area contributed by atoms with Gasteiger partial charge in [-0.2, -0.15) is 0 Å². The SMILES string of the molecule is COc1cccc2c1C(=O)c1c(O)c3c(c(O)c1C2=O)CC(c1csc(N2CCN(C)CC2)n1)CC3. The number of methoxy groups -OCH3 is 1. The minimum Gasteiger partial charge on any atom is -0.507 e. The van der Waals surface area contributed by atoms with Crippen LogP contribution >= 0.6 is 11.3 Å². The summed E-state index contributed by atoms with van der Waals surface area (Å²) in [5.41, 5.74) is 2.09. The molecule has 1 unspecified atom stereocenters. The number of carbonyl (C=O) groups is 2. The Balaban J connectivity index is 1.36. The Hall–Kier alpha value is -3.43. The normalized spacial score (nSPS) is 19.6. The number of aromatic nitrogens is 1. The van der Waals surface area contributed by atoms with Gasteiger partial charge in [-0.3, -0.25) is 9.59 Å². The number of aromatic hydroxyl groups is 2. The van der Waals surface area contributed by atoms with Crippen LogP contribution in [0.2, 0.25) is 0 Å². The number of hydrogen-bond donors (Lipinski definition) is 2. The van der Waals surface area contributed by atoms with Crippen LogP contribution in [0, 0.1) is 0 Å². The Morgan fingerprint density at radius 3 is 2.47 bits per heavy atom. The van der Waals surface area contributed by atoms with Crippen LogP contribution in [0.3, 0.4) is 0 Å². The summed E-state index contributed by atoms with van der Waals surface area (Å²) in [5.74, 6) is -1.08. The number of hydrogen-bond acceptors (Lipinski definition) is 9. The molecule has 186 valence electrons. The third kappa shape index (κ3) is 3.41. The molecular formula is C27H27N3O5S. The van der Waals surface area contributed by atoms with Crippen molar-refractivity contribution in [2.75, 3.05) is 45.2 Å². The molecule has 9 heteroatoms. The van der Waals surface area contributed by atoms with Gasteiger partial charge in [0.05, 0.1) is 29.5 Å². The van der Waals surface area contributed by atoms with E-state index in [1.807, 2.05) is 0 Å². The number of carbonyl (C=O) groups excluding carboxylic acids is 2. The van der Waals surface area contributed by atoms with Crippen molar-refractivity contribution >= 4 is 28.0 Å². The fraction of sp³-hybridized carbons (Fsp3) is 0.370. The fourth-order valence-corrected chi connectivity index (χ4v) is 6.63. The van der Waals surface area contributed by atoms with E-state index >= 15 is 0 Å². The molecule has 2 aromatic carbocycles. The Bertz CT molecular complexity index is 1410. The van der Waals surface area contributed by atoms with Crippen molar-refractivity contribution in [2.45, 2.75) is 25.2 Å². The number of phenols is 2. The molecule has 3 aliphatic rings. The molecular weight excluding hydrogens is 478 g/mol. The van der Waals surface area contributed by atoms with Gasteiger partial charge in [-0.15, -0.1) is 11.3 Å². The Morgan fingerprint density at radius 1 is 1.00 bits per heavy atom. The minimum absolute atomic E-state index is 0.0556. The highest BCUT2D eigenvalue weighted by Gasteiger charge is 2.40. The number of ether oxygens (including phenoxy) is 1. The van der Waals surface area contributed by atoms with Crippen molar-refractivity contribution in [3.05, 3.63) is 62.7 Å². The van der Waals surface area contributed by atoms with Gasteiger partial charge in [-0.25, -0.2) is 4.98 Å². The summed E-state index contributed by atoms with van der Waals surface area (Å²) in [6.07, 6.45) is 1.65. The zero-order valence-corrected chi connectivity index (χ0v) is 21.0. The molecule has 0 amide bonds. The average Bonchev–Trinajstić information content (AvgIpc) is 3.39. The van der Waals surface area contributed by atoms with E-state index in [1.54, 1.807) is 29.5 Å². The second-order valence-corrected chi connectivity index (χ2v) is 10.6. The number of thiazole rings is 1. The lowest BCUT2D eigenvalue weighted by molar-refractivity contribution is 0.0971. The van der Waals surface area contributed by atoms with E-state index in [2.05, 4.69) is 22.2 Å². The van der Waals surface area contributed by atoms with Crippen LogP contribution in [0.5, 0.6) is 17.2 Å². The van der Waals surface area contributed by atoms with Crippen molar-refractivity contribution in [3.63, 3.8) is 0 Å². The molecule has 1 saturated heterocycles. The zero-order valence-electron chi connectivity index (χ0n) is 20.2. The number of nitrogens with zero attached hydrogens (tertiary/aromatic N) is 3. The maximum Gasteiger partial charge on any atom is 0.202 e. The third-order valence-corrected chi connectivity index (χ3v) is 8.65. The molecule has 0 bridgehead atoms. The highest BCUT2D eigenvalue weighted by Crippen LogP contribution is 2.48. The molecule has 0 saturated carbocycles. The van der Waals surface area contributed by atoms with Crippen molar-refractivity contribution in [1.82, 2.24) is 9.88 Å². The number of fused-ring (bicyclic) bond motifs is 3. The largest absolute Gasteiger partial charge is 0.507 e. The molecule has 8 nitrogen and oxygen atoms in total. The second kappa shape index (κ2) is 8.60. The maximum absolute atomic E-state index is 13.4. The fourth-order valence-electron chi connectivity index (χ4n) is 5.67. The number of rotatable bonds is 3. The molecule has 2 heterocycles. The van der Waals surface area contributed by atoms with E-state index in [0.717, 1.165) is 43.4 Å². The molecule has 1 fully saturated rings. The number of benzene rings is 2. The van der Waals surface area contributed by atoms with E-state index < -0.39 is 11.6 Å². The predicted molar refractivity (Wildman–Crippen MR) is 136 cm³/mol. The molecule has 1 aromatic heterocycles. The van der Waals surface area contributed by atoms with E-state index in [0.29, 0.717) is 24.0 Å². The van der Waals surface area contributed by atoms with Gasteiger partial charge < -0.3 is 24.7 Å². The first-order chi connectivity index (χ1) is 17.4. The standard InChI is InChI=1S/C27H27N3O5S/c1-29-8-10-30(11-9-29)27-28-18(13-36-27)14-6-7-15-17(12-14)25(33)21-22(23(15)31)26(34)20-16(24(21)32)4-3-5-19(20)35-2/h3-5,13-14,31,33H,6-12H2,1-2H3. The zero-order chi connectivity index (χ0) is 25.1. The first kappa shape index (κ1) is 23.0. The maximum atomic E-state index is 13.4. The summed E-state index contributed by atoms with van der Waals surface area (Å²) >= 11 is 1.63. The lowest BCUT2D eigenvalue weighted by Crippen LogP contribution is -2.44. The summed E-state index contributed by atoms with van der Waals surface area (Å²) < 4.78 is 5.31. The number of ketones is 2. The van der Waals surface area contributed by atoms with Crippen LogP contribution in [0.15, 0.2) is 23.6 Å². The summed E-state index contributed by atoms with van der Waals surface area (Å²) in [6, 6.07) is 4.80. The molecule has 1 aliphatic heterocycles.